The maximum Gasteiger partial charge on any atom is 0.265 e. The number of rotatable bonds is 6. The number of nitrogens with one attached hydrogen (secondary N) is 1. The van der Waals surface area contributed by atoms with Crippen molar-refractivity contribution < 1.29 is 17.9 Å². The third-order valence-corrected chi connectivity index (χ3v) is 7.35. The molecule has 1 amide bonds. The lowest BCUT2D eigenvalue weighted by atomic mass is 10.1. The molecular weight excluding hydrogens is 450 g/mol. The zero-order valence-electron chi connectivity index (χ0n) is 17.9. The Labute approximate surface area is 196 Å². The van der Waals surface area contributed by atoms with Gasteiger partial charge in [-0.3, -0.25) is 9.10 Å². The summed E-state index contributed by atoms with van der Waals surface area (Å²) in [6.45, 7) is -0.0800. The van der Waals surface area contributed by atoms with E-state index in [0.717, 1.165) is 15.3 Å². The van der Waals surface area contributed by atoms with Crippen molar-refractivity contribution in [2.75, 3.05) is 16.2 Å². The van der Waals surface area contributed by atoms with Crippen LogP contribution in [-0.2, 0) is 21.4 Å². The Bertz CT molecular complexity index is 1570. The fraction of sp³-hybridized carbons (Fsp3) is 0.0769. The van der Waals surface area contributed by atoms with Crippen LogP contribution in [0.1, 0.15) is 11.1 Å². The third-order valence-electron chi connectivity index (χ3n) is 5.55. The van der Waals surface area contributed by atoms with Crippen LogP contribution in [-0.4, -0.2) is 20.9 Å². The van der Waals surface area contributed by atoms with Gasteiger partial charge < -0.3 is 10.1 Å². The summed E-state index contributed by atoms with van der Waals surface area (Å²) >= 11 is 0. The SMILES string of the molecule is N#Cc1cccc(COc2cccc(NC(=O)CN3c4cccc5cccc(c45)S3(=O)=O)c2)c1. The summed E-state index contributed by atoms with van der Waals surface area (Å²) < 4.78 is 33.1. The molecule has 0 fully saturated rings. The van der Waals surface area contributed by atoms with Crippen LogP contribution in [0.3, 0.4) is 0 Å². The number of carbonyl (C=O) groups excluding carboxylic acids is 1. The highest BCUT2D eigenvalue weighted by atomic mass is 32.2. The highest BCUT2D eigenvalue weighted by Crippen LogP contribution is 2.41. The molecule has 0 aromatic heterocycles. The number of anilines is 2. The van der Waals surface area contributed by atoms with Crippen LogP contribution < -0.4 is 14.4 Å². The molecule has 34 heavy (non-hydrogen) atoms. The first-order valence-corrected chi connectivity index (χ1v) is 12.0. The molecule has 0 aliphatic carbocycles. The molecule has 1 aliphatic rings. The summed E-state index contributed by atoms with van der Waals surface area (Å²) in [5.41, 5.74) is 2.39. The first kappa shape index (κ1) is 21.5. The second-order valence-electron chi connectivity index (χ2n) is 7.82. The molecule has 168 valence electrons. The zero-order valence-corrected chi connectivity index (χ0v) is 18.7. The lowest BCUT2D eigenvalue weighted by Gasteiger charge is -2.18. The van der Waals surface area contributed by atoms with E-state index in [1.165, 1.54) is 0 Å². The second-order valence-corrected chi connectivity index (χ2v) is 9.65. The molecule has 4 aromatic rings. The predicted octanol–water partition coefficient (Wildman–Crippen LogP) is 4.44. The maximum atomic E-state index is 13.1. The molecule has 0 spiro atoms. The van der Waals surface area contributed by atoms with Crippen LogP contribution in [0.5, 0.6) is 5.75 Å². The number of amides is 1. The van der Waals surface area contributed by atoms with Crippen LogP contribution in [0.2, 0.25) is 0 Å². The van der Waals surface area contributed by atoms with Crippen molar-refractivity contribution >= 4 is 38.1 Å². The second kappa shape index (κ2) is 8.54. The molecule has 1 heterocycles. The van der Waals surface area contributed by atoms with Gasteiger partial charge in [-0.1, -0.05) is 42.5 Å². The topological polar surface area (TPSA) is 99.5 Å². The summed E-state index contributed by atoms with van der Waals surface area (Å²) in [4.78, 5) is 13.0. The number of hydrogen-bond acceptors (Lipinski definition) is 5. The third kappa shape index (κ3) is 3.93. The molecule has 8 heteroatoms. The van der Waals surface area contributed by atoms with Gasteiger partial charge in [-0.05, 0) is 47.3 Å². The summed E-state index contributed by atoms with van der Waals surface area (Å²) in [6.07, 6.45) is 0. The van der Waals surface area contributed by atoms with Crippen LogP contribution in [0.25, 0.3) is 10.8 Å². The summed E-state index contributed by atoms with van der Waals surface area (Å²) in [7, 11) is -3.81. The van der Waals surface area contributed by atoms with Crippen molar-refractivity contribution in [2.45, 2.75) is 11.5 Å². The van der Waals surface area contributed by atoms with Crippen molar-refractivity contribution in [1.29, 1.82) is 5.26 Å². The Hall–Kier alpha value is -4.35. The van der Waals surface area contributed by atoms with Crippen molar-refractivity contribution in [3.8, 4) is 11.8 Å². The van der Waals surface area contributed by atoms with Gasteiger partial charge in [0, 0.05) is 17.1 Å². The number of carbonyl (C=O) groups is 1. The number of hydrogen-bond donors (Lipinski definition) is 1. The molecular formula is C26H19N3O4S. The molecule has 0 atom stereocenters. The molecule has 4 aromatic carbocycles. The smallest absolute Gasteiger partial charge is 0.265 e. The van der Waals surface area contributed by atoms with E-state index in [0.29, 0.717) is 28.1 Å². The number of ether oxygens (including phenoxy) is 1. The fourth-order valence-corrected chi connectivity index (χ4v) is 5.69. The average Bonchev–Trinajstić information content (AvgIpc) is 3.06. The molecule has 0 bridgehead atoms. The van der Waals surface area contributed by atoms with E-state index >= 15 is 0 Å². The van der Waals surface area contributed by atoms with Crippen molar-refractivity contribution in [3.05, 3.63) is 96.1 Å². The van der Waals surface area contributed by atoms with E-state index in [4.69, 9.17) is 10.00 Å². The van der Waals surface area contributed by atoms with E-state index in [1.54, 1.807) is 66.7 Å². The van der Waals surface area contributed by atoms with E-state index < -0.39 is 15.9 Å². The molecule has 0 radical (unpaired) electrons. The minimum absolute atomic E-state index is 0.212. The number of sulfonamides is 1. The van der Waals surface area contributed by atoms with Gasteiger partial charge in [-0.2, -0.15) is 5.26 Å². The minimum Gasteiger partial charge on any atom is -0.489 e. The van der Waals surface area contributed by atoms with Gasteiger partial charge in [0.1, 0.15) is 18.9 Å². The highest BCUT2D eigenvalue weighted by molar-refractivity contribution is 7.93. The lowest BCUT2D eigenvalue weighted by molar-refractivity contribution is -0.114. The van der Waals surface area contributed by atoms with Gasteiger partial charge in [-0.25, -0.2) is 8.42 Å². The quantitative estimate of drug-likeness (QED) is 0.450. The molecule has 0 saturated heterocycles. The van der Waals surface area contributed by atoms with E-state index in [1.807, 2.05) is 18.2 Å². The van der Waals surface area contributed by atoms with Crippen molar-refractivity contribution in [1.82, 2.24) is 0 Å². The molecule has 1 N–H and O–H groups in total. The van der Waals surface area contributed by atoms with Crippen LogP contribution in [0.15, 0.2) is 89.8 Å². The van der Waals surface area contributed by atoms with Crippen LogP contribution in [0.4, 0.5) is 11.4 Å². The summed E-state index contributed by atoms with van der Waals surface area (Å²) in [6, 6.07) is 26.5. The first-order chi connectivity index (χ1) is 16.5. The van der Waals surface area contributed by atoms with E-state index in [-0.39, 0.29) is 18.0 Å². The van der Waals surface area contributed by atoms with E-state index in [2.05, 4.69) is 11.4 Å². The summed E-state index contributed by atoms with van der Waals surface area (Å²) in [5, 5.41) is 13.2. The largest absolute Gasteiger partial charge is 0.489 e. The number of benzene rings is 4. The molecule has 1 aliphatic heterocycles. The van der Waals surface area contributed by atoms with Gasteiger partial charge in [0.15, 0.2) is 0 Å². The Morgan fingerprint density at radius 1 is 0.971 bits per heavy atom. The predicted molar refractivity (Wildman–Crippen MR) is 129 cm³/mol. The fourth-order valence-electron chi connectivity index (χ4n) is 4.02. The Morgan fingerprint density at radius 2 is 1.74 bits per heavy atom. The molecule has 0 unspecified atom stereocenters. The van der Waals surface area contributed by atoms with Gasteiger partial charge >= 0.3 is 0 Å². The number of nitriles is 1. The van der Waals surface area contributed by atoms with Gasteiger partial charge in [0.05, 0.1) is 22.2 Å². The van der Waals surface area contributed by atoms with Crippen molar-refractivity contribution in [2.24, 2.45) is 0 Å². The molecule has 0 saturated carbocycles. The zero-order chi connectivity index (χ0) is 23.7. The average molecular weight is 470 g/mol. The Kier molecular flexibility index (Phi) is 5.40. The Balaban J connectivity index is 1.29. The van der Waals surface area contributed by atoms with Crippen LogP contribution in [0, 0.1) is 11.3 Å². The first-order valence-electron chi connectivity index (χ1n) is 10.5. The molecule has 7 nitrogen and oxygen atoms in total. The highest BCUT2D eigenvalue weighted by Gasteiger charge is 2.36. The van der Waals surface area contributed by atoms with Gasteiger partial charge in [-0.15, -0.1) is 0 Å². The maximum absolute atomic E-state index is 13.1. The van der Waals surface area contributed by atoms with Gasteiger partial charge in [0.2, 0.25) is 5.91 Å². The standard InChI is InChI=1S/C26H19N3O4S/c27-15-18-5-1-6-19(13-18)17-33-22-10-4-9-21(14-22)28-25(30)16-29-23-11-2-7-20-8-3-12-24(26(20)23)34(29,31)32/h1-14H,16-17H2,(H,28,30). The van der Waals surface area contributed by atoms with Gasteiger partial charge in [0.25, 0.3) is 10.0 Å². The van der Waals surface area contributed by atoms with Crippen LogP contribution >= 0.6 is 0 Å². The van der Waals surface area contributed by atoms with E-state index in [9.17, 15) is 13.2 Å². The minimum atomic E-state index is -3.81. The Morgan fingerprint density at radius 3 is 2.56 bits per heavy atom. The molecule has 5 rings (SSSR count). The monoisotopic (exact) mass is 469 g/mol. The summed E-state index contributed by atoms with van der Waals surface area (Å²) in [5.74, 6) is 0.0679. The number of nitrogens with zero attached hydrogens (tertiary/aromatic N) is 2. The normalized spacial score (nSPS) is 13.4. The lowest BCUT2D eigenvalue weighted by Crippen LogP contribution is -2.35. The van der Waals surface area contributed by atoms with Crippen molar-refractivity contribution in [3.63, 3.8) is 0 Å².